The lowest BCUT2D eigenvalue weighted by atomic mass is 10.2. The quantitative estimate of drug-likeness (QED) is 0.827. The van der Waals surface area contributed by atoms with Crippen LogP contribution in [-0.2, 0) is 0 Å². The molecule has 0 saturated carbocycles. The largest absolute Gasteiger partial charge is 0.345 e. The Kier molecular flexibility index (Phi) is 3.20. The summed E-state index contributed by atoms with van der Waals surface area (Å²) >= 11 is 1.34. The lowest BCUT2D eigenvalue weighted by molar-refractivity contribution is 1.37. The Hall–Kier alpha value is -2.88. The van der Waals surface area contributed by atoms with Crippen molar-refractivity contribution >= 4 is 28.1 Å². The number of allylic oxidation sites excluding steroid dienone is 2. The molecule has 5 nitrogen and oxygen atoms in total. The third kappa shape index (κ3) is 2.12. The van der Waals surface area contributed by atoms with Gasteiger partial charge in [0.15, 0.2) is 5.57 Å². The number of nitrogens with one attached hydrogen (secondary N) is 1. The Morgan fingerprint density at radius 3 is 2.61 bits per heavy atom. The van der Waals surface area contributed by atoms with E-state index in [2.05, 4.69) is 9.69 Å². The molecule has 0 amide bonds. The average molecular weight is 251 g/mol. The van der Waals surface area contributed by atoms with Gasteiger partial charge in [-0.15, -0.1) is 0 Å². The highest BCUT2D eigenvalue weighted by molar-refractivity contribution is 7.04. The molecule has 0 atom stereocenters. The average Bonchev–Trinajstić information content (AvgIpc) is 2.86. The first-order valence-electron chi connectivity index (χ1n) is 4.84. The Morgan fingerprint density at radius 2 is 1.94 bits per heavy atom. The van der Waals surface area contributed by atoms with Gasteiger partial charge in [0.05, 0.1) is 5.52 Å². The topological polar surface area (TPSA) is 96.3 Å². The zero-order valence-corrected chi connectivity index (χ0v) is 9.82. The van der Waals surface area contributed by atoms with Crippen molar-refractivity contribution in [1.29, 1.82) is 15.8 Å². The molecular weight excluding hydrogens is 246 g/mol. The third-order valence-corrected chi connectivity index (χ3v) is 2.87. The van der Waals surface area contributed by atoms with Crippen molar-refractivity contribution in [2.75, 3.05) is 5.32 Å². The van der Waals surface area contributed by atoms with Crippen LogP contribution < -0.4 is 5.32 Å². The number of rotatable bonds is 2. The molecule has 1 aromatic heterocycles. The third-order valence-electron chi connectivity index (χ3n) is 2.21. The molecule has 0 aliphatic carbocycles. The first-order chi connectivity index (χ1) is 8.78. The zero-order valence-electron chi connectivity index (χ0n) is 9.01. The molecule has 1 N–H and O–H groups in total. The minimum Gasteiger partial charge on any atom is -0.345 e. The van der Waals surface area contributed by atoms with E-state index in [4.69, 9.17) is 15.8 Å². The summed E-state index contributed by atoms with van der Waals surface area (Å²) in [5.41, 5.74) is 1.22. The number of fused-ring (bicyclic) bond motifs is 1. The number of nitrogens with zero attached hydrogens (tertiary/aromatic N) is 4. The fourth-order valence-corrected chi connectivity index (χ4v) is 2.01. The fourth-order valence-electron chi connectivity index (χ4n) is 1.38. The van der Waals surface area contributed by atoms with Crippen molar-refractivity contribution in [2.45, 2.75) is 0 Å². The predicted molar refractivity (Wildman–Crippen MR) is 67.1 cm³/mol. The molecule has 6 heteroatoms. The molecule has 0 aliphatic heterocycles. The second-order valence-electron chi connectivity index (χ2n) is 3.30. The number of hydrogen-bond donors (Lipinski definition) is 1. The highest BCUT2D eigenvalue weighted by atomic mass is 32.1. The van der Waals surface area contributed by atoms with Gasteiger partial charge in [-0.05, 0) is 29.7 Å². The molecule has 2 aromatic rings. The van der Waals surface area contributed by atoms with Crippen molar-refractivity contribution in [1.82, 2.24) is 4.37 Å². The van der Waals surface area contributed by atoms with Crippen LogP contribution >= 0.6 is 11.5 Å². The summed E-state index contributed by atoms with van der Waals surface area (Å²) < 4.78 is 4.16. The van der Waals surface area contributed by atoms with Crippen LogP contribution in [0.2, 0.25) is 0 Å². The Bertz CT molecular complexity index is 735. The molecule has 1 aromatic carbocycles. The summed E-state index contributed by atoms with van der Waals surface area (Å²) in [6.45, 7) is 0. The van der Waals surface area contributed by atoms with Gasteiger partial charge in [0.25, 0.3) is 0 Å². The highest BCUT2D eigenvalue weighted by Gasteiger charge is 2.06. The predicted octanol–water partition coefficient (Wildman–Crippen LogP) is 2.53. The number of benzene rings is 1. The first kappa shape index (κ1) is 11.6. The van der Waals surface area contributed by atoms with Gasteiger partial charge in [-0.3, -0.25) is 0 Å². The van der Waals surface area contributed by atoms with E-state index in [0.717, 1.165) is 10.9 Å². The van der Waals surface area contributed by atoms with Gasteiger partial charge in [-0.1, -0.05) is 0 Å². The summed E-state index contributed by atoms with van der Waals surface area (Å²) in [6.07, 6.45) is 0. The van der Waals surface area contributed by atoms with Crippen molar-refractivity contribution in [3.05, 3.63) is 34.8 Å². The minimum absolute atomic E-state index is 0.0532. The highest BCUT2D eigenvalue weighted by Crippen LogP contribution is 2.21. The van der Waals surface area contributed by atoms with Gasteiger partial charge in [-0.2, -0.15) is 20.2 Å². The second kappa shape index (κ2) is 4.97. The van der Waals surface area contributed by atoms with E-state index in [9.17, 15) is 0 Å². The molecule has 0 saturated heterocycles. The van der Waals surface area contributed by atoms with Gasteiger partial charge < -0.3 is 5.32 Å². The maximum Gasteiger partial charge on any atom is 0.163 e. The monoisotopic (exact) mass is 251 g/mol. The first-order valence-corrected chi connectivity index (χ1v) is 5.68. The standard InChI is InChI=1S/C12H5N5S/c13-4-9(5-14)12(6-15)16-10-1-2-11-8(3-10)7-18-17-11/h1-3,7,16H. The van der Waals surface area contributed by atoms with Crippen LogP contribution in [0.25, 0.3) is 10.9 Å². The van der Waals surface area contributed by atoms with Crippen LogP contribution in [0.3, 0.4) is 0 Å². The van der Waals surface area contributed by atoms with E-state index < -0.39 is 0 Å². The maximum atomic E-state index is 8.91. The van der Waals surface area contributed by atoms with Crippen LogP contribution in [0.4, 0.5) is 5.69 Å². The van der Waals surface area contributed by atoms with E-state index in [1.54, 1.807) is 24.3 Å². The van der Waals surface area contributed by atoms with Gasteiger partial charge in [0.1, 0.15) is 23.9 Å². The molecule has 2 rings (SSSR count). The molecule has 84 valence electrons. The maximum absolute atomic E-state index is 8.91. The summed E-state index contributed by atoms with van der Waals surface area (Å²) in [7, 11) is 0. The van der Waals surface area contributed by atoms with Gasteiger partial charge in [0, 0.05) is 16.5 Å². The van der Waals surface area contributed by atoms with Gasteiger partial charge >= 0.3 is 0 Å². The van der Waals surface area contributed by atoms with Crippen LogP contribution in [0.1, 0.15) is 0 Å². The minimum atomic E-state index is -0.235. The summed E-state index contributed by atoms with van der Waals surface area (Å²) in [5, 5.41) is 31.9. The van der Waals surface area contributed by atoms with E-state index >= 15 is 0 Å². The summed E-state index contributed by atoms with van der Waals surface area (Å²) in [6, 6.07) is 10.5. The Labute approximate surface area is 107 Å². The van der Waals surface area contributed by atoms with Crippen molar-refractivity contribution < 1.29 is 0 Å². The van der Waals surface area contributed by atoms with Gasteiger partial charge in [-0.25, -0.2) is 0 Å². The lowest BCUT2D eigenvalue weighted by Crippen LogP contribution is -2.00. The Balaban J connectivity index is 2.40. The lowest BCUT2D eigenvalue weighted by Gasteiger charge is -2.03. The summed E-state index contributed by atoms with van der Waals surface area (Å²) in [5.74, 6) is 0. The molecule has 0 bridgehead atoms. The smallest absolute Gasteiger partial charge is 0.163 e. The van der Waals surface area contributed by atoms with Crippen LogP contribution in [-0.4, -0.2) is 4.37 Å². The normalized spacial score (nSPS) is 8.94. The molecule has 18 heavy (non-hydrogen) atoms. The molecule has 0 unspecified atom stereocenters. The van der Waals surface area contributed by atoms with Crippen molar-refractivity contribution in [2.24, 2.45) is 0 Å². The van der Waals surface area contributed by atoms with Crippen LogP contribution in [0.15, 0.2) is 34.8 Å². The summed E-state index contributed by atoms with van der Waals surface area (Å²) in [4.78, 5) is 0. The second-order valence-corrected chi connectivity index (χ2v) is 3.93. The number of anilines is 1. The molecule has 0 radical (unpaired) electrons. The van der Waals surface area contributed by atoms with Gasteiger partial charge in [0.2, 0.25) is 0 Å². The number of nitriles is 3. The molecule has 0 spiro atoms. The molecule has 0 fully saturated rings. The Morgan fingerprint density at radius 1 is 1.17 bits per heavy atom. The van der Waals surface area contributed by atoms with Crippen molar-refractivity contribution in [3.8, 4) is 18.2 Å². The van der Waals surface area contributed by atoms with E-state index in [1.807, 2.05) is 17.5 Å². The van der Waals surface area contributed by atoms with Crippen molar-refractivity contribution in [3.63, 3.8) is 0 Å². The number of aromatic nitrogens is 1. The van der Waals surface area contributed by atoms with E-state index in [0.29, 0.717) is 5.69 Å². The van der Waals surface area contributed by atoms with Crippen LogP contribution in [0.5, 0.6) is 0 Å². The SMILES string of the molecule is N#CC(C#N)=C(C#N)Nc1ccc2nscc2c1. The number of hydrogen-bond acceptors (Lipinski definition) is 6. The fraction of sp³-hybridized carbons (Fsp3) is 0. The molecule has 0 aliphatic rings. The molecule has 1 heterocycles. The zero-order chi connectivity index (χ0) is 13.0. The van der Waals surface area contributed by atoms with Crippen LogP contribution in [0, 0.1) is 34.0 Å². The van der Waals surface area contributed by atoms with E-state index in [-0.39, 0.29) is 11.3 Å². The molecular formula is C12H5N5S. The van der Waals surface area contributed by atoms with E-state index in [1.165, 1.54) is 11.5 Å².